The van der Waals surface area contributed by atoms with Crippen molar-refractivity contribution in [3.8, 4) is 11.4 Å². The second-order valence-corrected chi connectivity index (χ2v) is 8.05. The van der Waals surface area contributed by atoms with Gasteiger partial charge in [0.2, 0.25) is 5.91 Å². The van der Waals surface area contributed by atoms with Gasteiger partial charge in [0, 0.05) is 23.3 Å². The SMILES string of the molecule is Cc1csc(NC(=O)CSc2nnc(-c3ccncc3)n2Cc2ccccc2)n1. The second-order valence-electron chi connectivity index (χ2n) is 6.24. The number of thiazole rings is 1. The molecule has 0 aliphatic rings. The van der Waals surface area contributed by atoms with Gasteiger partial charge in [-0.3, -0.25) is 14.3 Å². The molecule has 0 fully saturated rings. The van der Waals surface area contributed by atoms with Crippen LogP contribution in [0.1, 0.15) is 11.3 Å². The van der Waals surface area contributed by atoms with E-state index >= 15 is 0 Å². The number of thioether (sulfide) groups is 1. The number of carbonyl (C=O) groups excluding carboxylic acids is 1. The van der Waals surface area contributed by atoms with Crippen molar-refractivity contribution in [1.29, 1.82) is 0 Å². The molecule has 1 amide bonds. The average Bonchev–Trinajstić information content (AvgIpc) is 3.33. The fourth-order valence-electron chi connectivity index (χ4n) is 2.72. The highest BCUT2D eigenvalue weighted by Gasteiger charge is 2.16. The van der Waals surface area contributed by atoms with Gasteiger partial charge in [-0.15, -0.1) is 21.5 Å². The summed E-state index contributed by atoms with van der Waals surface area (Å²) in [4.78, 5) is 20.6. The van der Waals surface area contributed by atoms with Gasteiger partial charge in [0.15, 0.2) is 16.1 Å². The van der Waals surface area contributed by atoms with Crippen molar-refractivity contribution < 1.29 is 4.79 Å². The fourth-order valence-corrected chi connectivity index (χ4v) is 4.16. The molecule has 29 heavy (non-hydrogen) atoms. The maximum absolute atomic E-state index is 12.3. The van der Waals surface area contributed by atoms with Crippen LogP contribution in [0.4, 0.5) is 5.13 Å². The van der Waals surface area contributed by atoms with Crippen LogP contribution < -0.4 is 5.32 Å². The predicted octanol–water partition coefficient (Wildman–Crippen LogP) is 3.88. The Hall–Kier alpha value is -3.04. The van der Waals surface area contributed by atoms with Crippen molar-refractivity contribution in [1.82, 2.24) is 24.7 Å². The van der Waals surface area contributed by atoms with E-state index in [9.17, 15) is 4.79 Å². The molecule has 0 radical (unpaired) electrons. The van der Waals surface area contributed by atoms with E-state index in [1.807, 2.05) is 47.2 Å². The molecule has 0 spiro atoms. The Bertz CT molecular complexity index is 1090. The molecule has 0 bridgehead atoms. The molecule has 4 rings (SSSR count). The highest BCUT2D eigenvalue weighted by molar-refractivity contribution is 7.99. The first-order valence-electron chi connectivity index (χ1n) is 8.91. The number of rotatable bonds is 7. The van der Waals surface area contributed by atoms with Crippen molar-refractivity contribution in [2.24, 2.45) is 0 Å². The van der Waals surface area contributed by atoms with Gasteiger partial charge in [0.1, 0.15) is 0 Å². The van der Waals surface area contributed by atoms with Gasteiger partial charge >= 0.3 is 0 Å². The summed E-state index contributed by atoms with van der Waals surface area (Å²) in [6.45, 7) is 2.51. The lowest BCUT2D eigenvalue weighted by Gasteiger charge is -2.10. The Balaban J connectivity index is 1.54. The first-order valence-corrected chi connectivity index (χ1v) is 10.8. The molecule has 7 nitrogen and oxygen atoms in total. The largest absolute Gasteiger partial charge is 0.301 e. The topological polar surface area (TPSA) is 85.6 Å². The maximum Gasteiger partial charge on any atom is 0.236 e. The van der Waals surface area contributed by atoms with E-state index in [2.05, 4.69) is 37.6 Å². The number of anilines is 1. The minimum atomic E-state index is -0.121. The molecule has 0 aliphatic carbocycles. The molecule has 3 heterocycles. The standard InChI is InChI=1S/C20H18N6OS2/c1-14-12-28-19(22-14)23-17(27)13-29-20-25-24-18(16-7-9-21-10-8-16)26(20)11-15-5-3-2-4-6-15/h2-10,12H,11,13H2,1H3,(H,22,23,27). The summed E-state index contributed by atoms with van der Waals surface area (Å²) in [6.07, 6.45) is 3.46. The number of nitrogens with one attached hydrogen (secondary N) is 1. The van der Waals surface area contributed by atoms with Crippen molar-refractivity contribution in [3.05, 3.63) is 71.5 Å². The third-order valence-electron chi connectivity index (χ3n) is 4.04. The van der Waals surface area contributed by atoms with Gasteiger partial charge < -0.3 is 5.32 Å². The van der Waals surface area contributed by atoms with Gasteiger partial charge in [0.25, 0.3) is 0 Å². The van der Waals surface area contributed by atoms with Crippen molar-refractivity contribution in [2.45, 2.75) is 18.6 Å². The first-order chi connectivity index (χ1) is 14.2. The summed E-state index contributed by atoms with van der Waals surface area (Å²) in [5.74, 6) is 0.848. The third kappa shape index (κ3) is 4.87. The lowest BCUT2D eigenvalue weighted by molar-refractivity contribution is -0.113. The van der Waals surface area contributed by atoms with Crippen LogP contribution in [0, 0.1) is 6.92 Å². The van der Waals surface area contributed by atoms with Crippen molar-refractivity contribution in [2.75, 3.05) is 11.1 Å². The Morgan fingerprint density at radius 1 is 1.14 bits per heavy atom. The zero-order valence-electron chi connectivity index (χ0n) is 15.6. The van der Waals surface area contributed by atoms with Crippen LogP contribution in [-0.4, -0.2) is 36.4 Å². The molecule has 0 aliphatic heterocycles. The van der Waals surface area contributed by atoms with Gasteiger partial charge in [-0.2, -0.15) is 0 Å². The summed E-state index contributed by atoms with van der Waals surface area (Å²) in [7, 11) is 0. The van der Waals surface area contributed by atoms with E-state index in [1.54, 1.807) is 12.4 Å². The number of aryl methyl sites for hydroxylation is 1. The molecular weight excluding hydrogens is 404 g/mol. The summed E-state index contributed by atoms with van der Waals surface area (Å²) >= 11 is 2.77. The van der Waals surface area contributed by atoms with E-state index in [-0.39, 0.29) is 11.7 Å². The van der Waals surface area contributed by atoms with Gasteiger partial charge in [-0.25, -0.2) is 4.98 Å². The number of amides is 1. The number of hydrogen-bond acceptors (Lipinski definition) is 7. The van der Waals surface area contributed by atoms with Crippen LogP contribution in [-0.2, 0) is 11.3 Å². The van der Waals surface area contributed by atoms with E-state index in [0.29, 0.717) is 16.8 Å². The molecule has 0 saturated carbocycles. The van der Waals surface area contributed by atoms with Gasteiger partial charge in [-0.05, 0) is 24.6 Å². The third-order valence-corrected chi connectivity index (χ3v) is 5.88. The van der Waals surface area contributed by atoms with E-state index in [4.69, 9.17) is 0 Å². The molecule has 1 aromatic carbocycles. The maximum atomic E-state index is 12.3. The lowest BCUT2D eigenvalue weighted by Crippen LogP contribution is -2.14. The second kappa shape index (κ2) is 8.97. The number of aromatic nitrogens is 5. The first kappa shape index (κ1) is 19.3. The minimum Gasteiger partial charge on any atom is -0.301 e. The summed E-state index contributed by atoms with van der Waals surface area (Å²) in [6, 6.07) is 13.9. The Labute approximate surface area is 176 Å². The van der Waals surface area contributed by atoms with Crippen LogP contribution in [0.2, 0.25) is 0 Å². The molecular formula is C20H18N6OS2. The van der Waals surface area contributed by atoms with E-state index in [1.165, 1.54) is 23.1 Å². The zero-order valence-corrected chi connectivity index (χ0v) is 17.3. The van der Waals surface area contributed by atoms with Crippen LogP contribution in [0.5, 0.6) is 0 Å². The fraction of sp³-hybridized carbons (Fsp3) is 0.150. The Morgan fingerprint density at radius 2 is 1.93 bits per heavy atom. The van der Waals surface area contributed by atoms with Crippen LogP contribution in [0.25, 0.3) is 11.4 Å². The zero-order chi connectivity index (χ0) is 20.1. The molecule has 146 valence electrons. The quantitative estimate of drug-likeness (QED) is 0.455. The molecule has 9 heteroatoms. The number of carbonyl (C=O) groups is 1. The Morgan fingerprint density at radius 3 is 2.66 bits per heavy atom. The smallest absolute Gasteiger partial charge is 0.236 e. The van der Waals surface area contributed by atoms with Crippen LogP contribution in [0.3, 0.4) is 0 Å². The lowest BCUT2D eigenvalue weighted by atomic mass is 10.2. The van der Waals surface area contributed by atoms with Gasteiger partial charge in [0.05, 0.1) is 18.0 Å². The molecule has 1 N–H and O–H groups in total. The van der Waals surface area contributed by atoms with Crippen LogP contribution in [0.15, 0.2) is 65.4 Å². The molecule has 3 aromatic heterocycles. The molecule has 0 unspecified atom stereocenters. The average molecular weight is 423 g/mol. The highest BCUT2D eigenvalue weighted by Crippen LogP contribution is 2.25. The highest BCUT2D eigenvalue weighted by atomic mass is 32.2. The predicted molar refractivity (Wildman–Crippen MR) is 115 cm³/mol. The number of nitrogens with zero attached hydrogens (tertiary/aromatic N) is 5. The summed E-state index contributed by atoms with van der Waals surface area (Å²) < 4.78 is 2.02. The van der Waals surface area contributed by atoms with E-state index < -0.39 is 0 Å². The van der Waals surface area contributed by atoms with Crippen molar-refractivity contribution >= 4 is 34.1 Å². The monoisotopic (exact) mass is 422 g/mol. The molecule has 0 atom stereocenters. The number of hydrogen-bond donors (Lipinski definition) is 1. The molecule has 0 saturated heterocycles. The van der Waals surface area contributed by atoms with Gasteiger partial charge in [-0.1, -0.05) is 42.1 Å². The van der Waals surface area contributed by atoms with Crippen molar-refractivity contribution in [3.63, 3.8) is 0 Å². The Kier molecular flexibility index (Phi) is 5.97. The minimum absolute atomic E-state index is 0.121. The summed E-state index contributed by atoms with van der Waals surface area (Å²) in [5, 5.41) is 14.7. The van der Waals surface area contributed by atoms with Crippen LogP contribution >= 0.6 is 23.1 Å². The normalized spacial score (nSPS) is 10.8. The molecule has 4 aromatic rings. The number of pyridine rings is 1. The summed E-state index contributed by atoms with van der Waals surface area (Å²) in [5.41, 5.74) is 2.95. The number of benzene rings is 1. The van der Waals surface area contributed by atoms with E-state index in [0.717, 1.165) is 22.6 Å².